The van der Waals surface area contributed by atoms with Gasteiger partial charge < -0.3 is 10.1 Å². The van der Waals surface area contributed by atoms with Crippen LogP contribution in [0.2, 0.25) is 0 Å². The quantitative estimate of drug-likeness (QED) is 0.300. The molecule has 2 heterocycles. The lowest BCUT2D eigenvalue weighted by molar-refractivity contribution is -0.123. The summed E-state index contributed by atoms with van der Waals surface area (Å²) >= 11 is 1.41. The van der Waals surface area contributed by atoms with Gasteiger partial charge in [-0.3, -0.25) is 14.5 Å². The number of methoxy groups -OCH3 is 1. The fraction of sp³-hybridized carbons (Fsp3) is 0.258. The molecule has 9 heteroatoms. The third kappa shape index (κ3) is 5.66. The number of ether oxygens (including phenoxy) is 1. The first-order valence-electron chi connectivity index (χ1n) is 13.1. The highest BCUT2D eigenvalue weighted by Crippen LogP contribution is 2.48. The zero-order chi connectivity index (χ0) is 28.2. The number of carbonyl (C=O) groups is 2. The van der Waals surface area contributed by atoms with Crippen molar-refractivity contribution in [1.82, 2.24) is 15.1 Å². The number of rotatable bonds is 8. The van der Waals surface area contributed by atoms with Gasteiger partial charge in [0.2, 0.25) is 11.8 Å². The van der Waals surface area contributed by atoms with Gasteiger partial charge >= 0.3 is 0 Å². The molecule has 0 spiro atoms. The third-order valence-corrected chi connectivity index (χ3v) is 8.05. The lowest BCUT2D eigenvalue weighted by Crippen LogP contribution is -2.43. The van der Waals surface area contributed by atoms with Gasteiger partial charge in [0, 0.05) is 24.8 Å². The maximum Gasteiger partial charge on any atom is 0.240 e. The highest BCUT2D eigenvalue weighted by atomic mass is 32.2. The van der Waals surface area contributed by atoms with Gasteiger partial charge in [-0.1, -0.05) is 60.2 Å². The molecule has 0 saturated carbocycles. The summed E-state index contributed by atoms with van der Waals surface area (Å²) in [5.74, 6) is -0.259. The van der Waals surface area contributed by atoms with Crippen molar-refractivity contribution in [2.24, 2.45) is 0 Å². The summed E-state index contributed by atoms with van der Waals surface area (Å²) in [6.45, 7) is 4.53. The molecule has 40 heavy (non-hydrogen) atoms. The summed E-state index contributed by atoms with van der Waals surface area (Å²) in [5, 5.41) is 7.52. The number of hydrogen-bond donors (Lipinski definition) is 1. The number of nitrogens with zero attached hydrogens (tertiary/aromatic N) is 3. The molecular formula is C31H31FN4O3S. The molecule has 4 aromatic rings. The number of amides is 2. The van der Waals surface area contributed by atoms with Gasteiger partial charge in [0.1, 0.15) is 18.2 Å². The average molecular weight is 559 g/mol. The van der Waals surface area contributed by atoms with E-state index in [9.17, 15) is 14.0 Å². The van der Waals surface area contributed by atoms with Gasteiger partial charge in [0.25, 0.3) is 0 Å². The molecule has 1 aliphatic rings. The summed E-state index contributed by atoms with van der Waals surface area (Å²) < 4.78 is 21.3. The lowest BCUT2D eigenvalue weighted by Gasteiger charge is -2.24. The van der Waals surface area contributed by atoms with E-state index in [1.165, 1.54) is 28.8 Å². The minimum absolute atomic E-state index is 0.113. The number of thioether (sulfide) groups is 1. The number of anilines is 1. The fourth-order valence-corrected chi connectivity index (χ4v) is 6.15. The Morgan fingerprint density at radius 2 is 1.90 bits per heavy atom. The normalized spacial score (nSPS) is 15.1. The van der Waals surface area contributed by atoms with Crippen LogP contribution < -0.4 is 10.2 Å². The van der Waals surface area contributed by atoms with Crippen molar-refractivity contribution >= 4 is 29.4 Å². The highest BCUT2D eigenvalue weighted by Gasteiger charge is 2.38. The van der Waals surface area contributed by atoms with Gasteiger partial charge in [-0.15, -0.1) is 11.8 Å². The first-order valence-corrected chi connectivity index (χ1v) is 14.1. The Labute approximate surface area is 237 Å². The van der Waals surface area contributed by atoms with Gasteiger partial charge in [-0.05, 0) is 43.2 Å². The van der Waals surface area contributed by atoms with E-state index in [0.29, 0.717) is 24.7 Å². The van der Waals surface area contributed by atoms with Crippen molar-refractivity contribution < 1.29 is 18.7 Å². The van der Waals surface area contributed by atoms with E-state index in [1.54, 1.807) is 17.9 Å². The topological polar surface area (TPSA) is 76.5 Å². The van der Waals surface area contributed by atoms with Crippen LogP contribution in [0.1, 0.15) is 27.5 Å². The van der Waals surface area contributed by atoms with Gasteiger partial charge in [0.15, 0.2) is 0 Å². The zero-order valence-corrected chi connectivity index (χ0v) is 23.5. The minimum atomic E-state index is -0.397. The molecule has 206 valence electrons. The number of fused-ring (bicyclic) bond motifs is 1. The van der Waals surface area contributed by atoms with E-state index in [2.05, 4.69) is 11.4 Å². The van der Waals surface area contributed by atoms with Crippen molar-refractivity contribution in [3.05, 3.63) is 101 Å². The molecule has 0 unspecified atom stereocenters. The first-order chi connectivity index (χ1) is 19.4. The van der Waals surface area contributed by atoms with E-state index in [-0.39, 0.29) is 29.9 Å². The summed E-state index contributed by atoms with van der Waals surface area (Å²) in [7, 11) is 1.56. The molecule has 0 bridgehead atoms. The van der Waals surface area contributed by atoms with Crippen LogP contribution >= 0.6 is 11.8 Å². The molecule has 1 atom stereocenters. The van der Waals surface area contributed by atoms with Crippen molar-refractivity contribution in [2.75, 3.05) is 37.5 Å². The summed E-state index contributed by atoms with van der Waals surface area (Å²) in [6, 6.07) is 22.2. The molecule has 0 fully saturated rings. The Bertz CT molecular complexity index is 1540. The first kappa shape index (κ1) is 27.6. The average Bonchev–Trinajstić information content (AvgIpc) is 3.25. The Morgan fingerprint density at radius 3 is 2.62 bits per heavy atom. The Balaban J connectivity index is 1.78. The van der Waals surface area contributed by atoms with Crippen LogP contribution in [-0.4, -0.2) is 54.2 Å². The maximum atomic E-state index is 14.5. The van der Waals surface area contributed by atoms with E-state index in [1.807, 2.05) is 62.4 Å². The van der Waals surface area contributed by atoms with Crippen LogP contribution in [0, 0.1) is 19.7 Å². The number of benzene rings is 3. The predicted molar refractivity (Wildman–Crippen MR) is 156 cm³/mol. The summed E-state index contributed by atoms with van der Waals surface area (Å²) in [4.78, 5) is 28.3. The van der Waals surface area contributed by atoms with Crippen LogP contribution in [0.4, 0.5) is 10.2 Å². The Kier molecular flexibility index (Phi) is 8.32. The molecule has 1 N–H and O–H groups in total. The molecule has 5 rings (SSSR count). The minimum Gasteiger partial charge on any atom is -0.383 e. The number of aromatic nitrogens is 2. The van der Waals surface area contributed by atoms with Gasteiger partial charge in [-0.25, -0.2) is 9.07 Å². The second-order valence-electron chi connectivity index (χ2n) is 9.72. The monoisotopic (exact) mass is 558 g/mol. The lowest BCUT2D eigenvalue weighted by atomic mass is 9.99. The summed E-state index contributed by atoms with van der Waals surface area (Å²) in [6.07, 6.45) is 0. The van der Waals surface area contributed by atoms with E-state index < -0.39 is 5.25 Å². The van der Waals surface area contributed by atoms with Crippen LogP contribution in [0.5, 0.6) is 0 Å². The number of nitrogens with one attached hydrogen (secondary N) is 1. The maximum absolute atomic E-state index is 14.5. The van der Waals surface area contributed by atoms with Crippen molar-refractivity contribution in [3.63, 3.8) is 0 Å². The highest BCUT2D eigenvalue weighted by molar-refractivity contribution is 8.00. The zero-order valence-electron chi connectivity index (χ0n) is 22.7. The largest absolute Gasteiger partial charge is 0.383 e. The number of hydrogen-bond acceptors (Lipinski definition) is 5. The molecule has 0 radical (unpaired) electrons. The molecule has 1 aliphatic heterocycles. The second kappa shape index (κ2) is 12.1. The van der Waals surface area contributed by atoms with E-state index >= 15 is 0 Å². The molecule has 2 amide bonds. The molecule has 7 nitrogen and oxygen atoms in total. The number of carbonyl (C=O) groups excluding carboxylic acids is 2. The summed E-state index contributed by atoms with van der Waals surface area (Å²) in [5.41, 5.74) is 5.90. The molecule has 0 aliphatic carbocycles. The molecular weight excluding hydrogens is 527 g/mol. The number of halogens is 1. The van der Waals surface area contributed by atoms with E-state index in [4.69, 9.17) is 9.84 Å². The number of aryl methyl sites for hydroxylation is 2. The van der Waals surface area contributed by atoms with Crippen LogP contribution in [-0.2, 0) is 14.3 Å². The standard InChI is InChI=1S/C31H31FN4O3S/c1-20-12-13-25(21(2)16-20)36-31-28(29(34-36)22-8-5-4-6-9-22)30(23-10-7-11-24(32)17-23)40-19-27(38)35(31)18-26(37)33-14-15-39-3/h4-13,16-17,30H,14-15,18-19H2,1-3H3,(H,33,37)/t30-/m0/s1. The van der Waals surface area contributed by atoms with Gasteiger partial charge in [0.05, 0.1) is 29.0 Å². The second-order valence-corrected chi connectivity index (χ2v) is 10.8. The molecule has 1 aromatic heterocycles. The van der Waals surface area contributed by atoms with Crippen molar-refractivity contribution in [2.45, 2.75) is 19.1 Å². The van der Waals surface area contributed by atoms with Crippen LogP contribution in [0.15, 0.2) is 72.8 Å². The predicted octanol–water partition coefficient (Wildman–Crippen LogP) is 5.23. The fourth-order valence-electron chi connectivity index (χ4n) is 4.96. The molecule has 3 aromatic carbocycles. The van der Waals surface area contributed by atoms with E-state index in [0.717, 1.165) is 33.5 Å². The van der Waals surface area contributed by atoms with Crippen LogP contribution in [0.25, 0.3) is 16.9 Å². The SMILES string of the molecule is COCCNC(=O)CN1C(=O)CS[C@@H](c2cccc(F)c2)c2c(-c3ccccc3)nn(-c3ccc(C)cc3C)c21. The van der Waals surface area contributed by atoms with Crippen LogP contribution in [0.3, 0.4) is 0 Å². The third-order valence-electron chi connectivity index (χ3n) is 6.80. The Morgan fingerprint density at radius 1 is 1.10 bits per heavy atom. The molecule has 0 saturated heterocycles. The van der Waals surface area contributed by atoms with Gasteiger partial charge in [-0.2, -0.15) is 5.10 Å². The van der Waals surface area contributed by atoms with Crippen molar-refractivity contribution in [3.8, 4) is 16.9 Å². The van der Waals surface area contributed by atoms with Crippen molar-refractivity contribution in [1.29, 1.82) is 0 Å². The smallest absolute Gasteiger partial charge is 0.240 e. The Hall–Kier alpha value is -3.95.